The molecule has 0 aromatic heterocycles. The van der Waals surface area contributed by atoms with Crippen molar-refractivity contribution in [3.05, 3.63) is 68.7 Å². The number of nitrogens with zero attached hydrogens (tertiary/aromatic N) is 1. The molecule has 1 aliphatic heterocycles. The monoisotopic (exact) mass is 423 g/mol. The molecule has 0 N–H and O–H groups in total. The molecule has 2 aromatic rings. The van der Waals surface area contributed by atoms with Gasteiger partial charge in [-0.25, -0.2) is 0 Å². The molecule has 0 atom stereocenters. The lowest BCUT2D eigenvalue weighted by Gasteiger charge is -2.32. The Morgan fingerprint density at radius 3 is 2.30 bits per heavy atom. The van der Waals surface area contributed by atoms with Crippen molar-refractivity contribution >= 4 is 40.6 Å². The topological polar surface area (TPSA) is 20.3 Å². The van der Waals surface area contributed by atoms with Crippen LogP contribution in [0.15, 0.2) is 42.5 Å². The molecular formula is C22H24Cl3NO. The molecule has 0 radical (unpaired) electrons. The summed E-state index contributed by atoms with van der Waals surface area (Å²) in [5.41, 5.74) is 2.04. The molecule has 1 aliphatic rings. The molecule has 1 saturated heterocycles. The second kappa shape index (κ2) is 9.93. The minimum absolute atomic E-state index is 0.134. The number of benzene rings is 2. The average molecular weight is 425 g/mol. The standard InChI is InChI=1S/C22H24Cl3NO/c23-19-7-4-16(5-8-19)17-10-13-26(14-11-17)12-2-1-3-22(27)18-6-9-20(24)21(25)15-18/h4-9,15,17H,1-3,10-14H2. The van der Waals surface area contributed by atoms with Gasteiger partial charge in [0.25, 0.3) is 0 Å². The van der Waals surface area contributed by atoms with E-state index in [9.17, 15) is 4.79 Å². The van der Waals surface area contributed by atoms with Crippen LogP contribution >= 0.6 is 34.8 Å². The van der Waals surface area contributed by atoms with Crippen molar-refractivity contribution in [2.24, 2.45) is 0 Å². The highest BCUT2D eigenvalue weighted by Gasteiger charge is 2.20. The Hall–Kier alpha value is -1.06. The normalized spacial score (nSPS) is 15.8. The largest absolute Gasteiger partial charge is 0.303 e. The van der Waals surface area contributed by atoms with Crippen LogP contribution in [0, 0.1) is 0 Å². The molecule has 0 saturated carbocycles. The van der Waals surface area contributed by atoms with Crippen LogP contribution in [0.25, 0.3) is 0 Å². The van der Waals surface area contributed by atoms with Gasteiger partial charge >= 0.3 is 0 Å². The number of halogens is 3. The summed E-state index contributed by atoms with van der Waals surface area (Å²) < 4.78 is 0. The number of carbonyl (C=O) groups excluding carboxylic acids is 1. The fourth-order valence-corrected chi connectivity index (χ4v) is 4.08. The van der Waals surface area contributed by atoms with E-state index in [1.807, 2.05) is 12.1 Å². The summed E-state index contributed by atoms with van der Waals surface area (Å²) in [5, 5.41) is 1.72. The van der Waals surface area contributed by atoms with Gasteiger partial charge in [0, 0.05) is 17.0 Å². The summed E-state index contributed by atoms with van der Waals surface area (Å²) >= 11 is 17.9. The first-order chi connectivity index (χ1) is 13.0. The lowest BCUT2D eigenvalue weighted by molar-refractivity contribution is 0.0977. The number of carbonyl (C=O) groups is 1. The second-order valence-corrected chi connectivity index (χ2v) is 8.43. The van der Waals surface area contributed by atoms with Crippen LogP contribution in [-0.2, 0) is 0 Å². The Balaban J connectivity index is 1.36. The Bertz CT molecular complexity index is 768. The molecule has 0 unspecified atom stereocenters. The number of Topliss-reactive ketones (excluding diaryl/α,β-unsaturated/α-hetero) is 1. The van der Waals surface area contributed by atoms with Gasteiger partial charge in [-0.3, -0.25) is 4.79 Å². The van der Waals surface area contributed by atoms with E-state index < -0.39 is 0 Å². The molecule has 1 fully saturated rings. The lowest BCUT2D eigenvalue weighted by atomic mass is 9.89. The van der Waals surface area contributed by atoms with Gasteiger partial charge in [-0.05, 0) is 87.1 Å². The van der Waals surface area contributed by atoms with E-state index in [1.165, 1.54) is 18.4 Å². The summed E-state index contributed by atoms with van der Waals surface area (Å²) in [7, 11) is 0. The van der Waals surface area contributed by atoms with Crippen LogP contribution in [0.4, 0.5) is 0 Å². The van der Waals surface area contributed by atoms with E-state index >= 15 is 0 Å². The van der Waals surface area contributed by atoms with Crippen molar-refractivity contribution in [1.82, 2.24) is 4.90 Å². The van der Waals surface area contributed by atoms with E-state index in [0.29, 0.717) is 27.9 Å². The van der Waals surface area contributed by atoms with E-state index in [-0.39, 0.29) is 5.78 Å². The van der Waals surface area contributed by atoms with Gasteiger partial charge < -0.3 is 4.90 Å². The Labute approximate surface area is 176 Å². The molecule has 2 aromatic carbocycles. The summed E-state index contributed by atoms with van der Waals surface area (Å²) in [4.78, 5) is 14.8. The molecule has 1 heterocycles. The third-order valence-electron chi connectivity index (χ3n) is 5.30. The second-order valence-electron chi connectivity index (χ2n) is 7.18. The maximum absolute atomic E-state index is 12.3. The molecule has 0 amide bonds. The molecule has 0 aliphatic carbocycles. The first kappa shape index (κ1) is 20.7. The van der Waals surface area contributed by atoms with Crippen LogP contribution < -0.4 is 0 Å². The number of unbranched alkanes of at least 4 members (excludes halogenated alkanes) is 1. The summed E-state index contributed by atoms with van der Waals surface area (Å²) in [6.45, 7) is 3.30. The Morgan fingerprint density at radius 2 is 1.63 bits per heavy atom. The fourth-order valence-electron chi connectivity index (χ4n) is 3.66. The Morgan fingerprint density at radius 1 is 0.926 bits per heavy atom. The zero-order valence-corrected chi connectivity index (χ0v) is 17.5. The van der Waals surface area contributed by atoms with E-state index in [1.54, 1.807) is 18.2 Å². The van der Waals surface area contributed by atoms with E-state index in [4.69, 9.17) is 34.8 Å². The van der Waals surface area contributed by atoms with Gasteiger partial charge in [0.1, 0.15) is 0 Å². The van der Waals surface area contributed by atoms with Crippen molar-refractivity contribution in [1.29, 1.82) is 0 Å². The van der Waals surface area contributed by atoms with Gasteiger partial charge in [-0.2, -0.15) is 0 Å². The molecule has 5 heteroatoms. The minimum atomic E-state index is 0.134. The quantitative estimate of drug-likeness (QED) is 0.356. The van der Waals surface area contributed by atoms with Crippen LogP contribution in [0.2, 0.25) is 15.1 Å². The summed E-state index contributed by atoms with van der Waals surface area (Å²) in [5.74, 6) is 0.768. The third kappa shape index (κ3) is 5.96. The first-order valence-electron chi connectivity index (χ1n) is 9.49. The highest BCUT2D eigenvalue weighted by atomic mass is 35.5. The smallest absolute Gasteiger partial charge is 0.162 e. The van der Waals surface area contributed by atoms with Gasteiger partial charge in [-0.15, -0.1) is 0 Å². The SMILES string of the molecule is O=C(CCCCN1CCC(c2ccc(Cl)cc2)CC1)c1ccc(Cl)c(Cl)c1. The van der Waals surface area contributed by atoms with Crippen LogP contribution in [0.1, 0.15) is 53.9 Å². The number of hydrogen-bond acceptors (Lipinski definition) is 2. The minimum Gasteiger partial charge on any atom is -0.303 e. The van der Waals surface area contributed by atoms with Crippen molar-refractivity contribution in [2.75, 3.05) is 19.6 Å². The van der Waals surface area contributed by atoms with Crippen molar-refractivity contribution in [2.45, 2.75) is 38.0 Å². The first-order valence-corrected chi connectivity index (χ1v) is 10.6. The lowest BCUT2D eigenvalue weighted by Crippen LogP contribution is -2.33. The highest BCUT2D eigenvalue weighted by molar-refractivity contribution is 6.42. The van der Waals surface area contributed by atoms with E-state index in [0.717, 1.165) is 37.5 Å². The molecule has 0 spiro atoms. The molecule has 27 heavy (non-hydrogen) atoms. The van der Waals surface area contributed by atoms with Crippen molar-refractivity contribution < 1.29 is 4.79 Å². The van der Waals surface area contributed by atoms with Gasteiger partial charge in [0.2, 0.25) is 0 Å². The maximum atomic E-state index is 12.3. The Kier molecular flexibility index (Phi) is 7.60. The highest BCUT2D eigenvalue weighted by Crippen LogP contribution is 2.29. The van der Waals surface area contributed by atoms with Gasteiger partial charge in [0.05, 0.1) is 10.0 Å². The van der Waals surface area contributed by atoms with Crippen LogP contribution in [-0.4, -0.2) is 30.3 Å². The van der Waals surface area contributed by atoms with Gasteiger partial charge in [0.15, 0.2) is 5.78 Å². The number of ketones is 1. The van der Waals surface area contributed by atoms with Crippen LogP contribution in [0.5, 0.6) is 0 Å². The van der Waals surface area contributed by atoms with Crippen LogP contribution in [0.3, 0.4) is 0 Å². The molecule has 0 bridgehead atoms. The third-order valence-corrected chi connectivity index (χ3v) is 6.29. The summed E-state index contributed by atoms with van der Waals surface area (Å²) in [6, 6.07) is 13.4. The average Bonchev–Trinajstić information content (AvgIpc) is 2.68. The fraction of sp³-hybridized carbons (Fsp3) is 0.409. The molecule has 144 valence electrons. The predicted molar refractivity (Wildman–Crippen MR) is 115 cm³/mol. The predicted octanol–water partition coefficient (Wildman–Crippen LogP) is 6.88. The summed E-state index contributed by atoms with van der Waals surface area (Å²) in [6.07, 6.45) is 4.86. The zero-order valence-electron chi connectivity index (χ0n) is 15.3. The van der Waals surface area contributed by atoms with Gasteiger partial charge in [-0.1, -0.05) is 46.9 Å². The molecular weight excluding hydrogens is 401 g/mol. The number of likely N-dealkylation sites (tertiary alicyclic amines) is 1. The van der Waals surface area contributed by atoms with Crippen molar-refractivity contribution in [3.8, 4) is 0 Å². The number of rotatable bonds is 7. The molecule has 2 nitrogen and oxygen atoms in total. The zero-order chi connectivity index (χ0) is 19.2. The number of piperidine rings is 1. The molecule has 3 rings (SSSR count). The maximum Gasteiger partial charge on any atom is 0.162 e. The number of hydrogen-bond donors (Lipinski definition) is 0. The van der Waals surface area contributed by atoms with Crippen molar-refractivity contribution in [3.63, 3.8) is 0 Å². The van der Waals surface area contributed by atoms with E-state index in [2.05, 4.69) is 17.0 Å².